The van der Waals surface area contributed by atoms with Crippen molar-refractivity contribution in [3.63, 3.8) is 0 Å². The number of piperidine rings is 1. The van der Waals surface area contributed by atoms with Gasteiger partial charge in [-0.05, 0) is 75.9 Å². The highest BCUT2D eigenvalue weighted by atomic mass is 16.2. The first-order chi connectivity index (χ1) is 13.4. The fraction of sp³-hybridized carbons (Fsp3) is 0.571. The number of aryl methyl sites for hydroxylation is 3. The van der Waals surface area contributed by atoms with Gasteiger partial charge in [-0.2, -0.15) is 5.10 Å². The number of rotatable bonds is 5. The minimum Gasteiger partial charge on any atom is -0.325 e. The van der Waals surface area contributed by atoms with Gasteiger partial charge in [-0.15, -0.1) is 0 Å². The molecule has 4 rings (SSSR count). The summed E-state index contributed by atoms with van der Waals surface area (Å²) in [7, 11) is 1.73. The van der Waals surface area contributed by atoms with Crippen LogP contribution in [0.3, 0.4) is 0 Å². The van der Waals surface area contributed by atoms with Crippen LogP contribution in [0.15, 0.2) is 23.0 Å². The molecule has 0 bridgehead atoms. The van der Waals surface area contributed by atoms with Crippen molar-refractivity contribution in [1.29, 1.82) is 0 Å². The van der Waals surface area contributed by atoms with Gasteiger partial charge in [-0.25, -0.2) is 9.48 Å². The molecule has 2 fully saturated rings. The van der Waals surface area contributed by atoms with E-state index in [0.29, 0.717) is 18.5 Å². The summed E-state index contributed by atoms with van der Waals surface area (Å²) in [5.74, 6) is 1.26. The second-order valence-electron chi connectivity index (χ2n) is 8.26. The first-order valence-corrected chi connectivity index (χ1v) is 10.2. The summed E-state index contributed by atoms with van der Waals surface area (Å²) in [6.45, 7) is 6.21. The Labute approximate surface area is 165 Å². The molecule has 7 nitrogen and oxygen atoms in total. The number of nitrogens with zero attached hydrogens (tertiary/aromatic N) is 4. The van der Waals surface area contributed by atoms with Crippen molar-refractivity contribution < 1.29 is 4.79 Å². The van der Waals surface area contributed by atoms with Crippen LogP contribution in [-0.2, 0) is 11.8 Å². The molecule has 28 heavy (non-hydrogen) atoms. The maximum absolute atomic E-state index is 12.4. The third kappa shape index (κ3) is 3.90. The second-order valence-corrected chi connectivity index (χ2v) is 8.26. The van der Waals surface area contributed by atoms with E-state index in [1.807, 2.05) is 22.8 Å². The third-order valence-corrected chi connectivity index (χ3v) is 6.00. The van der Waals surface area contributed by atoms with Crippen molar-refractivity contribution in [1.82, 2.24) is 19.2 Å². The number of anilines is 1. The van der Waals surface area contributed by atoms with E-state index in [1.165, 1.54) is 15.8 Å². The lowest BCUT2D eigenvalue weighted by Gasteiger charge is -2.31. The molecular formula is C21H29N5O2. The summed E-state index contributed by atoms with van der Waals surface area (Å²) in [5, 5.41) is 7.52. The Kier molecular flexibility index (Phi) is 5.10. The van der Waals surface area contributed by atoms with Crippen molar-refractivity contribution in [2.75, 3.05) is 25.0 Å². The van der Waals surface area contributed by atoms with Crippen LogP contribution in [0.1, 0.15) is 54.6 Å². The van der Waals surface area contributed by atoms with Gasteiger partial charge >= 0.3 is 5.69 Å². The van der Waals surface area contributed by atoms with E-state index >= 15 is 0 Å². The maximum Gasteiger partial charge on any atom is 0.345 e. The largest absolute Gasteiger partial charge is 0.345 e. The van der Waals surface area contributed by atoms with Crippen LogP contribution in [0.5, 0.6) is 0 Å². The highest BCUT2D eigenvalue weighted by Gasteiger charge is 2.33. The molecule has 0 spiro atoms. The number of amides is 1. The van der Waals surface area contributed by atoms with Crippen molar-refractivity contribution in [2.45, 2.75) is 51.5 Å². The van der Waals surface area contributed by atoms with Gasteiger partial charge in [0, 0.05) is 24.7 Å². The fourth-order valence-electron chi connectivity index (χ4n) is 4.02. The Morgan fingerprint density at radius 3 is 2.50 bits per heavy atom. The summed E-state index contributed by atoms with van der Waals surface area (Å²) in [6, 6.07) is 6.34. The fourth-order valence-corrected chi connectivity index (χ4v) is 4.02. The average Bonchev–Trinajstić information content (AvgIpc) is 3.45. The lowest BCUT2D eigenvalue weighted by atomic mass is 9.96. The lowest BCUT2D eigenvalue weighted by molar-refractivity contribution is -0.117. The van der Waals surface area contributed by atoms with Gasteiger partial charge in [0.05, 0.1) is 6.54 Å². The second kappa shape index (κ2) is 7.54. The zero-order valence-corrected chi connectivity index (χ0v) is 16.9. The third-order valence-electron chi connectivity index (χ3n) is 6.00. The number of nitrogens with one attached hydrogen (secondary N) is 1. The summed E-state index contributed by atoms with van der Waals surface area (Å²) in [5.41, 5.74) is 3.26. The standard InChI is InChI=1S/C21H29N5O2/c1-14-4-5-17(12-15(14)2)22-19(27)13-25-10-8-16(9-11-25)20-23-24(3)21(28)26(20)18-6-7-18/h4-5,12,16,18H,6-11,13H2,1-3H3,(H,22,27). The van der Waals surface area contributed by atoms with E-state index in [-0.39, 0.29) is 11.6 Å². The molecule has 0 radical (unpaired) electrons. The van der Waals surface area contributed by atoms with Gasteiger partial charge in [-0.1, -0.05) is 6.07 Å². The van der Waals surface area contributed by atoms with Crippen LogP contribution >= 0.6 is 0 Å². The van der Waals surface area contributed by atoms with Crippen LogP contribution in [0, 0.1) is 13.8 Å². The monoisotopic (exact) mass is 383 g/mol. The molecule has 2 heterocycles. The van der Waals surface area contributed by atoms with Gasteiger partial charge in [-0.3, -0.25) is 14.3 Å². The number of aromatic nitrogens is 3. The molecular weight excluding hydrogens is 354 g/mol. The molecule has 1 aliphatic carbocycles. The molecule has 0 atom stereocenters. The van der Waals surface area contributed by atoms with Crippen LogP contribution < -0.4 is 11.0 Å². The molecule has 150 valence electrons. The van der Waals surface area contributed by atoms with Crippen LogP contribution in [0.4, 0.5) is 5.69 Å². The van der Waals surface area contributed by atoms with Crippen LogP contribution in [-0.4, -0.2) is 44.8 Å². The zero-order valence-electron chi connectivity index (χ0n) is 16.9. The zero-order chi connectivity index (χ0) is 19.8. The lowest BCUT2D eigenvalue weighted by Crippen LogP contribution is -2.39. The maximum atomic E-state index is 12.4. The first kappa shape index (κ1) is 18.9. The van der Waals surface area contributed by atoms with Gasteiger partial charge < -0.3 is 5.32 Å². The Balaban J connectivity index is 1.33. The molecule has 7 heteroatoms. The van der Waals surface area contributed by atoms with Gasteiger partial charge in [0.2, 0.25) is 5.91 Å². The minimum atomic E-state index is 0.00713. The molecule has 0 unspecified atom stereocenters. The topological polar surface area (TPSA) is 72.2 Å². The average molecular weight is 383 g/mol. The van der Waals surface area contributed by atoms with E-state index in [9.17, 15) is 9.59 Å². The predicted octanol–water partition coefficient (Wildman–Crippen LogP) is 2.35. The summed E-state index contributed by atoms with van der Waals surface area (Å²) in [6.07, 6.45) is 4.02. The van der Waals surface area contributed by atoms with E-state index in [4.69, 9.17) is 0 Å². The molecule has 1 aliphatic heterocycles. The Morgan fingerprint density at radius 1 is 1.14 bits per heavy atom. The molecule has 1 amide bonds. The molecule has 2 aliphatic rings. The van der Waals surface area contributed by atoms with Crippen molar-refractivity contribution in [2.24, 2.45) is 7.05 Å². The van der Waals surface area contributed by atoms with Crippen molar-refractivity contribution >= 4 is 11.6 Å². The van der Waals surface area contributed by atoms with Crippen molar-refractivity contribution in [3.05, 3.63) is 45.6 Å². The smallest absolute Gasteiger partial charge is 0.325 e. The minimum absolute atomic E-state index is 0.00713. The number of hydrogen-bond acceptors (Lipinski definition) is 4. The quantitative estimate of drug-likeness (QED) is 0.860. The summed E-state index contributed by atoms with van der Waals surface area (Å²) < 4.78 is 3.38. The highest BCUT2D eigenvalue weighted by Crippen LogP contribution is 2.37. The number of hydrogen-bond donors (Lipinski definition) is 1. The van der Waals surface area contributed by atoms with E-state index in [1.54, 1.807) is 7.05 Å². The SMILES string of the molecule is Cc1ccc(NC(=O)CN2CCC(c3nn(C)c(=O)n3C3CC3)CC2)cc1C. The normalized spacial score (nSPS) is 18.4. The molecule has 1 aromatic heterocycles. The molecule has 1 saturated heterocycles. The molecule has 1 aromatic carbocycles. The van der Waals surface area contributed by atoms with Gasteiger partial charge in [0.25, 0.3) is 0 Å². The van der Waals surface area contributed by atoms with E-state index < -0.39 is 0 Å². The van der Waals surface area contributed by atoms with Crippen molar-refractivity contribution in [3.8, 4) is 0 Å². The summed E-state index contributed by atoms with van der Waals surface area (Å²) >= 11 is 0. The predicted molar refractivity (Wildman–Crippen MR) is 109 cm³/mol. The van der Waals surface area contributed by atoms with E-state index in [0.717, 1.165) is 50.3 Å². The molecule has 2 aromatic rings. The van der Waals surface area contributed by atoms with Gasteiger partial charge in [0.1, 0.15) is 5.82 Å². The number of carbonyl (C=O) groups excluding carboxylic acids is 1. The molecule has 1 saturated carbocycles. The molecule has 1 N–H and O–H groups in total. The van der Waals surface area contributed by atoms with E-state index in [2.05, 4.69) is 29.2 Å². The van der Waals surface area contributed by atoms with Gasteiger partial charge in [0.15, 0.2) is 0 Å². The Hall–Kier alpha value is -2.41. The number of carbonyl (C=O) groups is 1. The Morgan fingerprint density at radius 2 is 1.86 bits per heavy atom. The van der Waals surface area contributed by atoms with Crippen LogP contribution in [0.25, 0.3) is 0 Å². The summed E-state index contributed by atoms with van der Waals surface area (Å²) in [4.78, 5) is 26.9. The number of benzene rings is 1. The number of likely N-dealkylation sites (tertiary alicyclic amines) is 1. The Bertz CT molecular complexity index is 933. The first-order valence-electron chi connectivity index (χ1n) is 10.2. The van der Waals surface area contributed by atoms with Crippen LogP contribution in [0.2, 0.25) is 0 Å². The highest BCUT2D eigenvalue weighted by molar-refractivity contribution is 5.92.